The van der Waals surface area contributed by atoms with Gasteiger partial charge < -0.3 is 21.3 Å². The van der Waals surface area contributed by atoms with Gasteiger partial charge in [0.15, 0.2) is 11.8 Å². The van der Waals surface area contributed by atoms with E-state index in [1.807, 2.05) is 30.3 Å². The van der Waals surface area contributed by atoms with Crippen molar-refractivity contribution >= 4 is 28.6 Å². The number of nitrogens with one attached hydrogen (secondary N) is 1. The van der Waals surface area contributed by atoms with Gasteiger partial charge in [0.1, 0.15) is 5.52 Å². The molecule has 0 fully saturated rings. The van der Waals surface area contributed by atoms with Crippen molar-refractivity contribution in [2.75, 3.05) is 0 Å². The van der Waals surface area contributed by atoms with Crippen LogP contribution in [0.15, 0.2) is 53.1 Å². The van der Waals surface area contributed by atoms with Crippen LogP contribution in [0.2, 0.25) is 0 Å². The number of rotatable bonds is 5. The number of nitrogens with two attached hydrogens (primary N) is 2. The molecule has 3 aromatic rings. The van der Waals surface area contributed by atoms with Crippen molar-refractivity contribution in [2.45, 2.75) is 6.04 Å². The van der Waals surface area contributed by atoms with E-state index in [1.54, 1.807) is 12.1 Å². The van der Waals surface area contributed by atoms with E-state index in [1.165, 1.54) is 6.07 Å². The molecule has 1 heterocycles. The van der Waals surface area contributed by atoms with Gasteiger partial charge in [-0.1, -0.05) is 35.5 Å². The third kappa shape index (κ3) is 3.18. The molecule has 0 saturated carbocycles. The summed E-state index contributed by atoms with van der Waals surface area (Å²) in [5.74, 6) is -2.22. The number of nitrogens with zero attached hydrogens (tertiary/aromatic N) is 1. The highest BCUT2D eigenvalue weighted by atomic mass is 16.5. The van der Waals surface area contributed by atoms with Gasteiger partial charge in [0.05, 0.1) is 5.39 Å². The summed E-state index contributed by atoms with van der Waals surface area (Å²) < 4.78 is 5.36. The van der Waals surface area contributed by atoms with E-state index in [-0.39, 0.29) is 5.56 Å². The first-order chi connectivity index (χ1) is 12.0. The molecule has 0 radical (unpaired) electrons. The van der Waals surface area contributed by atoms with Gasteiger partial charge in [-0.15, -0.1) is 0 Å². The van der Waals surface area contributed by atoms with Crippen LogP contribution in [0.1, 0.15) is 10.4 Å². The zero-order valence-corrected chi connectivity index (χ0v) is 12.9. The summed E-state index contributed by atoms with van der Waals surface area (Å²) >= 11 is 0. The van der Waals surface area contributed by atoms with Crippen LogP contribution >= 0.6 is 0 Å². The smallest absolute Gasteiger partial charge is 0.252 e. The Bertz CT molecular complexity index is 951. The lowest BCUT2D eigenvalue weighted by Crippen LogP contribution is -2.52. The quantitative estimate of drug-likeness (QED) is 0.583. The van der Waals surface area contributed by atoms with Crippen LogP contribution in [0, 0.1) is 0 Å². The molecule has 0 bridgehead atoms. The van der Waals surface area contributed by atoms with Crippen LogP contribution in [0.3, 0.4) is 0 Å². The monoisotopic (exact) mass is 338 g/mol. The van der Waals surface area contributed by atoms with E-state index in [0.717, 1.165) is 5.56 Å². The van der Waals surface area contributed by atoms with Gasteiger partial charge in [-0.25, -0.2) is 0 Å². The molecule has 1 aromatic heterocycles. The van der Waals surface area contributed by atoms with E-state index < -0.39 is 23.8 Å². The Morgan fingerprint density at radius 1 is 1.00 bits per heavy atom. The fourth-order valence-corrected chi connectivity index (χ4v) is 2.38. The highest BCUT2D eigenvalue weighted by Gasteiger charge is 2.24. The van der Waals surface area contributed by atoms with Gasteiger partial charge in [0.2, 0.25) is 11.8 Å². The van der Waals surface area contributed by atoms with E-state index in [2.05, 4.69) is 10.5 Å². The predicted molar refractivity (Wildman–Crippen MR) is 89.1 cm³/mol. The number of fused-ring (bicyclic) bond motifs is 1. The van der Waals surface area contributed by atoms with Gasteiger partial charge in [-0.3, -0.25) is 14.4 Å². The van der Waals surface area contributed by atoms with E-state index in [4.69, 9.17) is 16.0 Å². The SMILES string of the molecule is NC(=O)C(NC(=O)c1ccc2noc(-c3ccccc3)c2c1)C(N)=O. The standard InChI is InChI=1S/C17H14N4O4/c18-15(22)13(16(19)23)20-17(24)10-6-7-12-11(8-10)14(25-21-12)9-4-2-1-3-5-9/h1-8,13H,(H2,18,22)(H2,19,23)(H,20,24). The van der Waals surface area contributed by atoms with Crippen LogP contribution in [-0.2, 0) is 9.59 Å². The van der Waals surface area contributed by atoms with Gasteiger partial charge >= 0.3 is 0 Å². The lowest BCUT2D eigenvalue weighted by molar-refractivity contribution is -0.128. The Morgan fingerprint density at radius 3 is 2.32 bits per heavy atom. The van der Waals surface area contributed by atoms with Gasteiger partial charge in [-0.2, -0.15) is 0 Å². The molecule has 2 aromatic carbocycles. The second-order valence-electron chi connectivity index (χ2n) is 5.32. The topological polar surface area (TPSA) is 141 Å². The maximum atomic E-state index is 12.3. The number of amides is 3. The van der Waals surface area contributed by atoms with Gasteiger partial charge in [0, 0.05) is 11.1 Å². The van der Waals surface area contributed by atoms with E-state index in [9.17, 15) is 14.4 Å². The number of carbonyl (C=O) groups is 3. The number of aromatic nitrogens is 1. The van der Waals surface area contributed by atoms with Crippen molar-refractivity contribution in [1.29, 1.82) is 0 Å². The first-order valence-corrected chi connectivity index (χ1v) is 7.31. The minimum Gasteiger partial charge on any atom is -0.367 e. The van der Waals surface area contributed by atoms with Crippen LogP contribution in [0.5, 0.6) is 0 Å². The molecular formula is C17H14N4O4. The number of carbonyl (C=O) groups excluding carboxylic acids is 3. The Morgan fingerprint density at radius 2 is 1.68 bits per heavy atom. The lowest BCUT2D eigenvalue weighted by Gasteiger charge is -2.11. The molecule has 0 unspecified atom stereocenters. The van der Waals surface area contributed by atoms with Crippen molar-refractivity contribution in [3.8, 4) is 11.3 Å². The summed E-state index contributed by atoms with van der Waals surface area (Å²) in [6.07, 6.45) is 0. The summed E-state index contributed by atoms with van der Waals surface area (Å²) in [6, 6.07) is 12.3. The van der Waals surface area contributed by atoms with Crippen molar-refractivity contribution in [3.63, 3.8) is 0 Å². The molecule has 3 amide bonds. The first-order valence-electron chi connectivity index (χ1n) is 7.31. The highest BCUT2D eigenvalue weighted by molar-refractivity contribution is 6.09. The fourth-order valence-electron chi connectivity index (χ4n) is 2.38. The largest absolute Gasteiger partial charge is 0.367 e. The minimum absolute atomic E-state index is 0.209. The van der Waals surface area contributed by atoms with E-state index in [0.29, 0.717) is 16.7 Å². The molecule has 0 atom stereocenters. The summed E-state index contributed by atoms with van der Waals surface area (Å²) in [7, 11) is 0. The van der Waals surface area contributed by atoms with Crippen LogP contribution in [0.25, 0.3) is 22.2 Å². The van der Waals surface area contributed by atoms with Crippen molar-refractivity contribution < 1.29 is 18.9 Å². The lowest BCUT2D eigenvalue weighted by atomic mass is 10.1. The zero-order chi connectivity index (χ0) is 18.0. The Balaban J connectivity index is 1.97. The summed E-state index contributed by atoms with van der Waals surface area (Å²) in [5.41, 5.74) is 11.7. The molecule has 0 aliphatic heterocycles. The maximum absolute atomic E-state index is 12.3. The summed E-state index contributed by atoms with van der Waals surface area (Å²) in [4.78, 5) is 34.7. The van der Waals surface area contributed by atoms with Crippen molar-refractivity contribution in [3.05, 3.63) is 54.1 Å². The maximum Gasteiger partial charge on any atom is 0.252 e. The molecule has 5 N–H and O–H groups in total. The fraction of sp³-hybridized carbons (Fsp3) is 0.0588. The summed E-state index contributed by atoms with van der Waals surface area (Å²) in [6.45, 7) is 0. The molecule has 3 rings (SSSR count). The van der Waals surface area contributed by atoms with Gasteiger partial charge in [0.25, 0.3) is 5.91 Å². The molecule has 0 aliphatic carbocycles. The van der Waals surface area contributed by atoms with E-state index >= 15 is 0 Å². The highest BCUT2D eigenvalue weighted by Crippen LogP contribution is 2.29. The van der Waals surface area contributed by atoms with Gasteiger partial charge in [-0.05, 0) is 18.2 Å². The molecular weight excluding hydrogens is 324 g/mol. The number of hydrogen-bond donors (Lipinski definition) is 3. The molecule has 25 heavy (non-hydrogen) atoms. The second-order valence-corrected chi connectivity index (χ2v) is 5.32. The second kappa shape index (κ2) is 6.44. The average Bonchev–Trinajstić information content (AvgIpc) is 3.02. The van der Waals surface area contributed by atoms with Crippen LogP contribution in [-0.4, -0.2) is 28.9 Å². The normalized spacial score (nSPS) is 10.8. The number of primary amides is 2. The first kappa shape index (κ1) is 16.2. The zero-order valence-electron chi connectivity index (χ0n) is 12.9. The molecule has 8 heteroatoms. The number of hydrogen-bond acceptors (Lipinski definition) is 5. The summed E-state index contributed by atoms with van der Waals surface area (Å²) in [5, 5.41) is 6.79. The molecule has 0 spiro atoms. The Labute approximate surface area is 141 Å². The van der Waals surface area contributed by atoms with Crippen molar-refractivity contribution in [1.82, 2.24) is 10.5 Å². The third-order valence-electron chi connectivity index (χ3n) is 3.62. The predicted octanol–water partition coefficient (Wildman–Crippen LogP) is 0.564. The average molecular weight is 338 g/mol. The Hall–Kier alpha value is -3.68. The third-order valence-corrected chi connectivity index (χ3v) is 3.62. The minimum atomic E-state index is -1.58. The van der Waals surface area contributed by atoms with Crippen LogP contribution < -0.4 is 16.8 Å². The van der Waals surface area contributed by atoms with Crippen molar-refractivity contribution in [2.24, 2.45) is 11.5 Å². The number of benzene rings is 2. The Kier molecular flexibility index (Phi) is 4.17. The molecule has 8 nitrogen and oxygen atoms in total. The molecule has 126 valence electrons. The molecule has 0 saturated heterocycles. The van der Waals surface area contributed by atoms with Crippen LogP contribution in [0.4, 0.5) is 0 Å². The molecule has 0 aliphatic rings.